The van der Waals surface area contributed by atoms with E-state index in [0.717, 1.165) is 6.42 Å². The van der Waals surface area contributed by atoms with Gasteiger partial charge >= 0.3 is 0 Å². The molecule has 0 spiro atoms. The molecule has 0 bridgehead atoms. The molecule has 1 aliphatic rings. The Labute approximate surface area is 92.2 Å². The summed E-state index contributed by atoms with van der Waals surface area (Å²) in [7, 11) is 0. The van der Waals surface area contributed by atoms with Crippen LogP contribution < -0.4 is 0 Å². The van der Waals surface area contributed by atoms with E-state index in [-0.39, 0.29) is 0 Å². The van der Waals surface area contributed by atoms with Gasteiger partial charge in [-0.05, 0) is 36.0 Å². The second-order valence-electron chi connectivity index (χ2n) is 4.99. The third-order valence-corrected chi connectivity index (χ3v) is 3.08. The first-order chi connectivity index (χ1) is 7.08. The predicted octanol–water partition coefficient (Wildman–Crippen LogP) is 3.80. The SMILES string of the molecule is CC(C)C1=Cc2nc(C(C)C)ccc2C1. The number of hydrogen-bond donors (Lipinski definition) is 0. The number of aromatic nitrogens is 1. The summed E-state index contributed by atoms with van der Waals surface area (Å²) < 4.78 is 0. The van der Waals surface area contributed by atoms with Gasteiger partial charge in [0.15, 0.2) is 0 Å². The van der Waals surface area contributed by atoms with Crippen LogP contribution in [0.3, 0.4) is 0 Å². The fourth-order valence-corrected chi connectivity index (χ4v) is 1.93. The van der Waals surface area contributed by atoms with E-state index in [4.69, 9.17) is 4.98 Å². The summed E-state index contributed by atoms with van der Waals surface area (Å²) in [5.41, 5.74) is 5.31. The molecule has 0 aliphatic heterocycles. The van der Waals surface area contributed by atoms with Crippen molar-refractivity contribution in [3.8, 4) is 0 Å². The molecule has 1 aromatic heterocycles. The molecule has 0 fully saturated rings. The summed E-state index contributed by atoms with van der Waals surface area (Å²) in [6.45, 7) is 8.88. The second-order valence-corrected chi connectivity index (χ2v) is 4.99. The molecule has 1 heterocycles. The van der Waals surface area contributed by atoms with Crippen LogP contribution in [0.15, 0.2) is 17.7 Å². The van der Waals surface area contributed by atoms with Gasteiger partial charge in [-0.1, -0.05) is 39.3 Å². The number of pyridine rings is 1. The van der Waals surface area contributed by atoms with Crippen LogP contribution in [-0.2, 0) is 6.42 Å². The number of rotatable bonds is 2. The van der Waals surface area contributed by atoms with Crippen LogP contribution in [0.4, 0.5) is 0 Å². The van der Waals surface area contributed by atoms with E-state index in [9.17, 15) is 0 Å². The van der Waals surface area contributed by atoms with Gasteiger partial charge in [0.05, 0.1) is 5.69 Å². The molecular formula is C14H19N. The number of hydrogen-bond acceptors (Lipinski definition) is 1. The third kappa shape index (κ3) is 1.97. The molecule has 2 rings (SSSR count). The van der Waals surface area contributed by atoms with Crippen molar-refractivity contribution < 1.29 is 0 Å². The minimum atomic E-state index is 0.520. The van der Waals surface area contributed by atoms with E-state index >= 15 is 0 Å². The average molecular weight is 201 g/mol. The Morgan fingerprint density at radius 1 is 1.07 bits per heavy atom. The molecule has 0 N–H and O–H groups in total. The molecule has 1 aliphatic carbocycles. The van der Waals surface area contributed by atoms with Crippen molar-refractivity contribution >= 4 is 6.08 Å². The van der Waals surface area contributed by atoms with Crippen LogP contribution in [0.2, 0.25) is 0 Å². The first-order valence-corrected chi connectivity index (χ1v) is 5.78. The summed E-state index contributed by atoms with van der Waals surface area (Å²) in [6.07, 6.45) is 3.37. The normalized spacial score (nSPS) is 14.7. The van der Waals surface area contributed by atoms with Crippen LogP contribution in [-0.4, -0.2) is 4.98 Å². The van der Waals surface area contributed by atoms with Crippen LogP contribution in [0, 0.1) is 5.92 Å². The minimum Gasteiger partial charge on any atom is -0.253 e. The fraction of sp³-hybridized carbons (Fsp3) is 0.500. The monoisotopic (exact) mass is 201 g/mol. The van der Waals surface area contributed by atoms with E-state index in [0.29, 0.717) is 11.8 Å². The van der Waals surface area contributed by atoms with Gasteiger partial charge in [0.1, 0.15) is 0 Å². The van der Waals surface area contributed by atoms with Gasteiger partial charge in [-0.2, -0.15) is 0 Å². The average Bonchev–Trinajstić information content (AvgIpc) is 2.59. The molecule has 0 saturated carbocycles. The molecule has 15 heavy (non-hydrogen) atoms. The van der Waals surface area contributed by atoms with Crippen molar-refractivity contribution in [3.63, 3.8) is 0 Å². The molecule has 1 heteroatoms. The first kappa shape index (κ1) is 10.4. The van der Waals surface area contributed by atoms with Gasteiger partial charge in [0.25, 0.3) is 0 Å². The minimum absolute atomic E-state index is 0.520. The number of allylic oxidation sites excluding steroid dienone is 1. The zero-order valence-electron chi connectivity index (χ0n) is 10.0. The topological polar surface area (TPSA) is 12.9 Å². The lowest BCUT2D eigenvalue weighted by Gasteiger charge is -2.06. The van der Waals surface area contributed by atoms with Crippen molar-refractivity contribution in [2.75, 3.05) is 0 Å². The van der Waals surface area contributed by atoms with Gasteiger partial charge in [0, 0.05) is 5.69 Å². The molecule has 0 amide bonds. The van der Waals surface area contributed by atoms with Crippen molar-refractivity contribution in [3.05, 3.63) is 34.7 Å². The van der Waals surface area contributed by atoms with Crippen molar-refractivity contribution in [1.29, 1.82) is 0 Å². The second kappa shape index (κ2) is 3.80. The van der Waals surface area contributed by atoms with E-state index in [1.807, 2.05) is 0 Å². The maximum atomic E-state index is 4.71. The predicted molar refractivity (Wildman–Crippen MR) is 64.8 cm³/mol. The summed E-state index contributed by atoms with van der Waals surface area (Å²) >= 11 is 0. The van der Waals surface area contributed by atoms with Crippen molar-refractivity contribution in [1.82, 2.24) is 4.98 Å². The molecule has 1 nitrogen and oxygen atoms in total. The van der Waals surface area contributed by atoms with Crippen molar-refractivity contribution in [2.24, 2.45) is 5.92 Å². The summed E-state index contributed by atoms with van der Waals surface area (Å²) in [4.78, 5) is 4.71. The zero-order valence-corrected chi connectivity index (χ0v) is 10.0. The van der Waals surface area contributed by atoms with E-state index in [1.165, 1.54) is 22.5 Å². The highest BCUT2D eigenvalue weighted by Gasteiger charge is 2.16. The smallest absolute Gasteiger partial charge is 0.0668 e. The Morgan fingerprint density at radius 3 is 2.40 bits per heavy atom. The van der Waals surface area contributed by atoms with E-state index in [2.05, 4.69) is 45.9 Å². The Hall–Kier alpha value is -1.11. The molecule has 80 valence electrons. The Kier molecular flexibility index (Phi) is 2.64. The van der Waals surface area contributed by atoms with E-state index in [1.54, 1.807) is 0 Å². The third-order valence-electron chi connectivity index (χ3n) is 3.08. The van der Waals surface area contributed by atoms with Crippen LogP contribution in [0.25, 0.3) is 6.08 Å². The van der Waals surface area contributed by atoms with Gasteiger partial charge in [-0.15, -0.1) is 0 Å². The molecule has 0 aromatic carbocycles. The van der Waals surface area contributed by atoms with Crippen LogP contribution in [0.5, 0.6) is 0 Å². The highest BCUT2D eigenvalue weighted by atomic mass is 14.7. The fourth-order valence-electron chi connectivity index (χ4n) is 1.93. The number of nitrogens with zero attached hydrogens (tertiary/aromatic N) is 1. The quantitative estimate of drug-likeness (QED) is 0.709. The van der Waals surface area contributed by atoms with Gasteiger partial charge in [-0.3, -0.25) is 4.98 Å². The molecule has 0 unspecified atom stereocenters. The molecule has 0 radical (unpaired) electrons. The molecule has 0 atom stereocenters. The largest absolute Gasteiger partial charge is 0.253 e. The maximum Gasteiger partial charge on any atom is 0.0668 e. The Bertz CT molecular complexity index is 400. The molecular weight excluding hydrogens is 182 g/mol. The van der Waals surface area contributed by atoms with Gasteiger partial charge in [-0.25, -0.2) is 0 Å². The maximum absolute atomic E-state index is 4.71. The van der Waals surface area contributed by atoms with E-state index < -0.39 is 0 Å². The summed E-state index contributed by atoms with van der Waals surface area (Å²) in [5.74, 6) is 1.16. The highest BCUT2D eigenvalue weighted by molar-refractivity contribution is 5.61. The number of fused-ring (bicyclic) bond motifs is 1. The molecule has 1 aromatic rings. The zero-order chi connectivity index (χ0) is 11.0. The lowest BCUT2D eigenvalue weighted by atomic mass is 10.0. The Morgan fingerprint density at radius 2 is 1.80 bits per heavy atom. The van der Waals surface area contributed by atoms with Crippen LogP contribution >= 0.6 is 0 Å². The first-order valence-electron chi connectivity index (χ1n) is 5.78. The molecule has 0 saturated heterocycles. The summed E-state index contributed by atoms with van der Waals surface area (Å²) in [6, 6.07) is 4.41. The van der Waals surface area contributed by atoms with Crippen molar-refractivity contribution in [2.45, 2.75) is 40.0 Å². The Balaban J connectivity index is 2.34. The lowest BCUT2D eigenvalue weighted by molar-refractivity contribution is 0.754. The highest BCUT2D eigenvalue weighted by Crippen LogP contribution is 2.29. The van der Waals surface area contributed by atoms with Crippen LogP contribution in [0.1, 0.15) is 50.6 Å². The standard InChI is InChI=1S/C14H19N/c1-9(2)12-7-11-5-6-13(10(3)4)15-14(11)8-12/h5-6,8-10H,7H2,1-4H3. The van der Waals surface area contributed by atoms with Gasteiger partial charge < -0.3 is 0 Å². The van der Waals surface area contributed by atoms with Gasteiger partial charge in [0.2, 0.25) is 0 Å². The lowest BCUT2D eigenvalue weighted by Crippen LogP contribution is -1.96. The summed E-state index contributed by atoms with van der Waals surface area (Å²) in [5, 5.41) is 0.